The minimum absolute atomic E-state index is 0.199. The maximum atomic E-state index is 10.5. The molecule has 0 unspecified atom stereocenters. The van der Waals surface area contributed by atoms with Gasteiger partial charge in [-0.1, -0.05) is 0 Å². The van der Waals surface area contributed by atoms with Crippen molar-refractivity contribution in [2.45, 2.75) is 6.04 Å². The van der Waals surface area contributed by atoms with E-state index in [9.17, 15) is 4.79 Å². The van der Waals surface area contributed by atoms with Gasteiger partial charge >= 0.3 is 60.5 Å². The number of carbonyl (C=O) groups is 1. The van der Waals surface area contributed by atoms with Crippen molar-refractivity contribution in [2.75, 3.05) is 5.75 Å². The first-order valence-corrected chi connectivity index (χ1v) is 7.78. The Labute approximate surface area is 60.5 Å². The van der Waals surface area contributed by atoms with Crippen LogP contribution >= 0.6 is 8.95 Å². The molecule has 0 spiro atoms. The van der Waals surface area contributed by atoms with Crippen molar-refractivity contribution in [3.05, 3.63) is 0 Å². The van der Waals surface area contributed by atoms with Gasteiger partial charge in [0.05, 0.1) is 0 Å². The predicted octanol–water partition coefficient (Wildman–Crippen LogP) is -0.862. The molecular formula is C3H5NO2SSn. The number of rotatable bonds is 0. The van der Waals surface area contributed by atoms with E-state index in [0.29, 0.717) is 0 Å². The van der Waals surface area contributed by atoms with Crippen LogP contribution in [0.25, 0.3) is 0 Å². The van der Waals surface area contributed by atoms with Crippen molar-refractivity contribution in [1.82, 2.24) is 0 Å². The van der Waals surface area contributed by atoms with Crippen molar-refractivity contribution in [3.8, 4) is 0 Å². The zero-order chi connectivity index (χ0) is 5.98. The predicted molar refractivity (Wildman–Crippen MR) is 32.3 cm³/mol. The van der Waals surface area contributed by atoms with Crippen LogP contribution in [0.15, 0.2) is 0 Å². The van der Waals surface area contributed by atoms with Gasteiger partial charge in [-0.3, -0.25) is 0 Å². The summed E-state index contributed by atoms with van der Waals surface area (Å²) in [6.45, 7) is 0. The Morgan fingerprint density at radius 3 is 3.12 bits per heavy atom. The Hall–Kier alpha value is 0.579. The SMILES string of the molecule is N[C@@H]1C[S][Sn][O]C1=O. The van der Waals surface area contributed by atoms with Crippen LogP contribution < -0.4 is 5.73 Å². The summed E-state index contributed by atoms with van der Waals surface area (Å²) >= 11 is -0.818. The van der Waals surface area contributed by atoms with Crippen LogP contribution in [0.1, 0.15) is 0 Å². The fourth-order valence-corrected chi connectivity index (χ4v) is 4.62. The second-order valence-corrected chi connectivity index (χ2v) is 6.69. The fraction of sp³-hybridized carbons (Fsp3) is 0.667. The van der Waals surface area contributed by atoms with Crippen LogP contribution in [0.2, 0.25) is 0 Å². The Balaban J connectivity index is 2.39. The molecule has 0 aromatic rings. The molecule has 1 fully saturated rings. The molecule has 1 aliphatic rings. The monoisotopic (exact) mass is 239 g/mol. The summed E-state index contributed by atoms with van der Waals surface area (Å²) in [7, 11) is 1.71. The first-order valence-electron chi connectivity index (χ1n) is 2.14. The first kappa shape index (κ1) is 6.70. The molecule has 1 saturated heterocycles. The number of hydrogen-bond acceptors (Lipinski definition) is 4. The summed E-state index contributed by atoms with van der Waals surface area (Å²) in [5.41, 5.74) is 5.31. The van der Waals surface area contributed by atoms with E-state index in [2.05, 4.69) is 0 Å². The molecule has 0 amide bonds. The van der Waals surface area contributed by atoms with Gasteiger partial charge in [-0.25, -0.2) is 0 Å². The van der Waals surface area contributed by atoms with E-state index in [1.165, 1.54) is 0 Å². The topological polar surface area (TPSA) is 52.3 Å². The standard InChI is InChI=1S/C3H7NO2S.Sn/c4-2(1-7)3(5)6;/h2,7H,1,4H2,(H,5,6);/q;+2/p-2/t2-;/m1./s1. The van der Waals surface area contributed by atoms with Crippen molar-refractivity contribution in [1.29, 1.82) is 0 Å². The van der Waals surface area contributed by atoms with E-state index in [1.54, 1.807) is 8.95 Å². The number of hydrogen-bond donors (Lipinski definition) is 1. The van der Waals surface area contributed by atoms with Crippen LogP contribution in [0.5, 0.6) is 0 Å². The van der Waals surface area contributed by atoms with E-state index in [-0.39, 0.29) is 12.0 Å². The van der Waals surface area contributed by atoms with Gasteiger partial charge in [-0.05, 0) is 0 Å². The van der Waals surface area contributed by atoms with Gasteiger partial charge in [0.1, 0.15) is 0 Å². The summed E-state index contributed by atoms with van der Waals surface area (Å²) in [4.78, 5) is 10.5. The van der Waals surface area contributed by atoms with Gasteiger partial charge < -0.3 is 0 Å². The molecular weight excluding hydrogens is 233 g/mol. The summed E-state index contributed by atoms with van der Waals surface area (Å²) in [5.74, 6) is 0.570. The van der Waals surface area contributed by atoms with Crippen molar-refractivity contribution in [3.63, 3.8) is 0 Å². The molecule has 1 heterocycles. The molecule has 1 rings (SSSR count). The van der Waals surface area contributed by atoms with Crippen LogP contribution in [0, 0.1) is 0 Å². The van der Waals surface area contributed by atoms with Crippen LogP contribution in [0.3, 0.4) is 0 Å². The fourth-order valence-electron chi connectivity index (χ4n) is 0.338. The molecule has 1 atom stereocenters. The van der Waals surface area contributed by atoms with Crippen molar-refractivity contribution >= 4 is 35.1 Å². The molecule has 2 N–H and O–H groups in total. The van der Waals surface area contributed by atoms with E-state index >= 15 is 0 Å². The summed E-state index contributed by atoms with van der Waals surface area (Å²) in [6.07, 6.45) is 0. The third kappa shape index (κ3) is 1.53. The molecule has 8 heavy (non-hydrogen) atoms. The second-order valence-electron chi connectivity index (χ2n) is 1.42. The van der Waals surface area contributed by atoms with Gasteiger partial charge in [0, 0.05) is 0 Å². The van der Waals surface area contributed by atoms with Gasteiger partial charge in [-0.2, -0.15) is 0 Å². The molecule has 2 radical (unpaired) electrons. The molecule has 3 nitrogen and oxygen atoms in total. The summed E-state index contributed by atoms with van der Waals surface area (Å²) < 4.78 is 4.76. The number of nitrogens with two attached hydrogens (primary N) is 1. The molecule has 0 aromatic carbocycles. The first-order chi connectivity index (χ1) is 3.80. The molecule has 5 heteroatoms. The van der Waals surface area contributed by atoms with Crippen LogP contribution in [0.4, 0.5) is 0 Å². The summed E-state index contributed by atoms with van der Waals surface area (Å²) in [6, 6.07) is -0.352. The molecule has 0 saturated carbocycles. The average Bonchev–Trinajstić information content (AvgIpc) is 1.77. The molecule has 1 aliphatic heterocycles. The van der Waals surface area contributed by atoms with Crippen molar-refractivity contribution in [2.24, 2.45) is 5.73 Å². The van der Waals surface area contributed by atoms with Crippen LogP contribution in [-0.2, 0) is 7.87 Å². The van der Waals surface area contributed by atoms with Gasteiger partial charge in [0.15, 0.2) is 0 Å². The van der Waals surface area contributed by atoms with E-state index in [0.717, 1.165) is 5.75 Å². The zero-order valence-corrected chi connectivity index (χ0v) is 7.76. The Morgan fingerprint density at radius 2 is 2.75 bits per heavy atom. The quantitative estimate of drug-likeness (QED) is 0.557. The molecule has 0 aromatic heterocycles. The normalized spacial score (nSPS) is 29.6. The third-order valence-corrected chi connectivity index (χ3v) is 5.22. The van der Waals surface area contributed by atoms with E-state index in [1.807, 2.05) is 0 Å². The maximum absolute atomic E-state index is 10.5. The minimum atomic E-state index is -0.818. The third-order valence-electron chi connectivity index (χ3n) is 0.767. The van der Waals surface area contributed by atoms with Crippen molar-refractivity contribution < 1.29 is 7.87 Å². The molecule has 0 bridgehead atoms. The van der Waals surface area contributed by atoms with E-state index in [4.69, 9.17) is 8.81 Å². The van der Waals surface area contributed by atoms with Crippen LogP contribution in [-0.4, -0.2) is 37.9 Å². The zero-order valence-electron chi connectivity index (χ0n) is 4.09. The van der Waals surface area contributed by atoms with Gasteiger partial charge in [0.2, 0.25) is 0 Å². The summed E-state index contributed by atoms with van der Waals surface area (Å²) in [5, 5.41) is 0. The van der Waals surface area contributed by atoms with Gasteiger partial charge in [0.25, 0.3) is 0 Å². The molecule has 44 valence electrons. The Kier molecular flexibility index (Phi) is 2.45. The van der Waals surface area contributed by atoms with Gasteiger partial charge in [-0.15, -0.1) is 0 Å². The Bertz CT molecular complexity index is 109. The number of carbonyl (C=O) groups excluding carboxylic acids is 1. The average molecular weight is 238 g/mol. The van der Waals surface area contributed by atoms with E-state index < -0.39 is 20.2 Å². The molecule has 0 aliphatic carbocycles. The Morgan fingerprint density at radius 1 is 2.00 bits per heavy atom. The second kappa shape index (κ2) is 2.93.